The van der Waals surface area contributed by atoms with Crippen molar-refractivity contribution in [2.45, 2.75) is 32.1 Å². The van der Waals surface area contributed by atoms with E-state index in [9.17, 15) is 9.59 Å². The van der Waals surface area contributed by atoms with Crippen molar-refractivity contribution >= 4 is 11.7 Å². The van der Waals surface area contributed by atoms with Crippen LogP contribution in [0.1, 0.15) is 37.9 Å². The molecule has 2 rings (SSSR count). The second-order valence-electron chi connectivity index (χ2n) is 4.97. The van der Waals surface area contributed by atoms with Gasteiger partial charge in [0.1, 0.15) is 11.6 Å². The van der Waals surface area contributed by atoms with Gasteiger partial charge in [-0.05, 0) is 19.3 Å². The number of nitrogens with one attached hydrogen (secondary N) is 2. The molecule has 0 aromatic carbocycles. The van der Waals surface area contributed by atoms with Crippen LogP contribution >= 0.6 is 0 Å². The highest BCUT2D eigenvalue weighted by molar-refractivity contribution is 5.80. The number of aromatic amines is 1. The van der Waals surface area contributed by atoms with E-state index in [4.69, 9.17) is 0 Å². The van der Waals surface area contributed by atoms with Crippen molar-refractivity contribution in [3.05, 3.63) is 22.2 Å². The predicted molar refractivity (Wildman–Crippen MR) is 73.4 cm³/mol. The highest BCUT2D eigenvalue weighted by atomic mass is 16.2. The van der Waals surface area contributed by atoms with Gasteiger partial charge in [0.15, 0.2) is 0 Å². The summed E-state index contributed by atoms with van der Waals surface area (Å²) in [7, 11) is 1.77. The number of hydrogen-bond donors (Lipinski definition) is 2. The van der Waals surface area contributed by atoms with Gasteiger partial charge in [-0.2, -0.15) is 0 Å². The lowest BCUT2D eigenvalue weighted by Crippen LogP contribution is -2.36. The number of carbonyl (C=O) groups excluding carboxylic acids is 1. The van der Waals surface area contributed by atoms with Gasteiger partial charge in [-0.3, -0.25) is 9.59 Å². The van der Waals surface area contributed by atoms with Crippen LogP contribution in [0.15, 0.2) is 10.9 Å². The van der Waals surface area contributed by atoms with Gasteiger partial charge < -0.3 is 15.2 Å². The van der Waals surface area contributed by atoms with Crippen LogP contribution in [-0.2, 0) is 4.79 Å². The Balaban J connectivity index is 2.03. The van der Waals surface area contributed by atoms with Crippen LogP contribution < -0.4 is 15.8 Å². The Bertz CT molecular complexity index is 508. The molecule has 0 atom stereocenters. The minimum Gasteiger partial charge on any atom is -0.355 e. The quantitative estimate of drug-likeness (QED) is 0.789. The molecule has 104 valence electrons. The van der Waals surface area contributed by atoms with Crippen molar-refractivity contribution in [3.63, 3.8) is 0 Å². The third-order valence-corrected chi connectivity index (χ3v) is 3.05. The fourth-order valence-corrected chi connectivity index (χ4v) is 1.83. The second kappa shape index (κ2) is 5.86. The molecular formula is C13H20N4O2. The van der Waals surface area contributed by atoms with E-state index in [1.54, 1.807) is 11.9 Å². The summed E-state index contributed by atoms with van der Waals surface area (Å²) < 4.78 is 0. The number of aromatic nitrogens is 2. The van der Waals surface area contributed by atoms with Gasteiger partial charge in [0.05, 0.1) is 6.54 Å². The molecule has 0 bridgehead atoms. The monoisotopic (exact) mass is 264 g/mol. The lowest BCUT2D eigenvalue weighted by molar-refractivity contribution is -0.119. The molecule has 1 saturated carbocycles. The van der Waals surface area contributed by atoms with E-state index in [1.165, 1.54) is 6.07 Å². The SMILES string of the molecule is CCCNC(=O)CN(C)c1cc(=O)[nH]c(C2CC2)n1. The highest BCUT2D eigenvalue weighted by Crippen LogP contribution is 2.37. The molecule has 1 amide bonds. The first-order valence-electron chi connectivity index (χ1n) is 6.69. The molecule has 0 unspecified atom stereocenters. The summed E-state index contributed by atoms with van der Waals surface area (Å²) in [5.74, 6) is 1.62. The Morgan fingerprint density at radius 2 is 2.32 bits per heavy atom. The highest BCUT2D eigenvalue weighted by Gasteiger charge is 2.26. The van der Waals surface area contributed by atoms with Crippen LogP contribution in [0.25, 0.3) is 0 Å². The molecule has 1 heterocycles. The maximum absolute atomic E-state index is 11.6. The van der Waals surface area contributed by atoms with Crippen molar-refractivity contribution < 1.29 is 4.79 Å². The van der Waals surface area contributed by atoms with Crippen molar-refractivity contribution in [2.75, 3.05) is 25.0 Å². The number of H-pyrrole nitrogens is 1. The number of nitrogens with zero attached hydrogens (tertiary/aromatic N) is 2. The zero-order valence-corrected chi connectivity index (χ0v) is 11.4. The molecule has 2 N–H and O–H groups in total. The minimum atomic E-state index is -0.160. The topological polar surface area (TPSA) is 78.1 Å². The van der Waals surface area contributed by atoms with Crippen LogP contribution in [-0.4, -0.2) is 36.0 Å². The van der Waals surface area contributed by atoms with Crippen molar-refractivity contribution in [2.24, 2.45) is 0 Å². The molecule has 0 saturated heterocycles. The van der Waals surface area contributed by atoms with E-state index in [1.807, 2.05) is 6.92 Å². The summed E-state index contributed by atoms with van der Waals surface area (Å²) in [5, 5.41) is 2.80. The van der Waals surface area contributed by atoms with Crippen LogP contribution in [0.5, 0.6) is 0 Å². The van der Waals surface area contributed by atoms with Gasteiger partial charge in [0.2, 0.25) is 5.91 Å². The van der Waals surface area contributed by atoms with Crippen LogP contribution in [0.2, 0.25) is 0 Å². The second-order valence-corrected chi connectivity index (χ2v) is 4.97. The molecule has 0 spiro atoms. The summed E-state index contributed by atoms with van der Waals surface area (Å²) in [4.78, 5) is 32.1. The molecule has 1 fully saturated rings. The molecular weight excluding hydrogens is 244 g/mol. The van der Waals surface area contributed by atoms with E-state index < -0.39 is 0 Å². The Labute approximate surface area is 112 Å². The third kappa shape index (κ3) is 3.81. The van der Waals surface area contributed by atoms with Crippen molar-refractivity contribution in [3.8, 4) is 0 Å². The average Bonchev–Trinajstić information content (AvgIpc) is 3.19. The lowest BCUT2D eigenvalue weighted by atomic mass is 10.3. The largest absolute Gasteiger partial charge is 0.355 e. The zero-order valence-electron chi connectivity index (χ0n) is 11.4. The molecule has 6 heteroatoms. The molecule has 19 heavy (non-hydrogen) atoms. The molecule has 0 aliphatic heterocycles. The van der Waals surface area contributed by atoms with E-state index in [0.29, 0.717) is 18.3 Å². The van der Waals surface area contributed by atoms with Gasteiger partial charge in [0.25, 0.3) is 5.56 Å². The summed E-state index contributed by atoms with van der Waals surface area (Å²) in [5.41, 5.74) is -0.160. The molecule has 1 aromatic heterocycles. The summed E-state index contributed by atoms with van der Waals surface area (Å²) in [6.45, 7) is 2.88. The van der Waals surface area contributed by atoms with Gasteiger partial charge in [-0.15, -0.1) is 0 Å². The summed E-state index contributed by atoms with van der Waals surface area (Å²) in [6, 6.07) is 1.43. The van der Waals surface area contributed by atoms with Gasteiger partial charge >= 0.3 is 0 Å². The number of anilines is 1. The maximum Gasteiger partial charge on any atom is 0.252 e. The fraction of sp³-hybridized carbons (Fsp3) is 0.615. The zero-order chi connectivity index (χ0) is 13.8. The average molecular weight is 264 g/mol. The summed E-state index contributed by atoms with van der Waals surface area (Å²) >= 11 is 0. The predicted octanol–water partition coefficient (Wildman–Crippen LogP) is 0.610. The van der Waals surface area contributed by atoms with Crippen LogP contribution in [0, 0.1) is 0 Å². The first-order chi connectivity index (χ1) is 9.10. The lowest BCUT2D eigenvalue weighted by Gasteiger charge is -2.17. The Morgan fingerprint density at radius 3 is 2.95 bits per heavy atom. The van der Waals surface area contributed by atoms with Crippen LogP contribution in [0.3, 0.4) is 0 Å². The maximum atomic E-state index is 11.6. The van der Waals surface area contributed by atoms with Gasteiger partial charge in [-0.25, -0.2) is 4.98 Å². The number of rotatable bonds is 6. The molecule has 1 aliphatic carbocycles. The fourth-order valence-electron chi connectivity index (χ4n) is 1.83. The number of carbonyl (C=O) groups is 1. The first kappa shape index (κ1) is 13.6. The molecule has 1 aromatic rings. The standard InChI is InChI=1S/C13H20N4O2/c1-3-6-14-12(19)8-17(2)10-7-11(18)16-13(15-10)9-4-5-9/h7,9H,3-6,8H2,1-2H3,(H,14,19)(H,15,16,18). The Hall–Kier alpha value is -1.85. The number of amides is 1. The first-order valence-corrected chi connectivity index (χ1v) is 6.69. The minimum absolute atomic E-state index is 0.0561. The van der Waals surface area contributed by atoms with E-state index in [0.717, 1.165) is 25.1 Å². The number of likely N-dealkylation sites (N-methyl/N-ethyl adjacent to an activating group) is 1. The van der Waals surface area contributed by atoms with E-state index in [2.05, 4.69) is 15.3 Å². The van der Waals surface area contributed by atoms with Crippen molar-refractivity contribution in [1.82, 2.24) is 15.3 Å². The van der Waals surface area contributed by atoms with E-state index in [-0.39, 0.29) is 18.0 Å². The van der Waals surface area contributed by atoms with E-state index >= 15 is 0 Å². The van der Waals surface area contributed by atoms with Gasteiger partial charge in [0, 0.05) is 25.6 Å². The Morgan fingerprint density at radius 1 is 1.58 bits per heavy atom. The van der Waals surface area contributed by atoms with Crippen LogP contribution in [0.4, 0.5) is 5.82 Å². The summed E-state index contributed by atoms with van der Waals surface area (Å²) in [6.07, 6.45) is 3.06. The molecule has 1 aliphatic rings. The number of hydrogen-bond acceptors (Lipinski definition) is 4. The Kier molecular flexibility index (Phi) is 4.19. The molecule has 6 nitrogen and oxygen atoms in total. The normalized spacial score (nSPS) is 14.2. The van der Waals surface area contributed by atoms with Crippen molar-refractivity contribution in [1.29, 1.82) is 0 Å². The smallest absolute Gasteiger partial charge is 0.252 e. The third-order valence-electron chi connectivity index (χ3n) is 3.05. The van der Waals surface area contributed by atoms with Gasteiger partial charge in [-0.1, -0.05) is 6.92 Å². The molecule has 0 radical (unpaired) electrons.